The zero-order valence-electron chi connectivity index (χ0n) is 22.7. The van der Waals surface area contributed by atoms with Crippen LogP contribution in [-0.2, 0) is 36.8 Å². The summed E-state index contributed by atoms with van der Waals surface area (Å²) >= 11 is 0. The number of benzene rings is 2. The molecule has 6 rings (SSSR count). The average molecular weight is 550 g/mol. The van der Waals surface area contributed by atoms with Gasteiger partial charge in [-0.2, -0.15) is 0 Å². The molecule has 0 aromatic heterocycles. The van der Waals surface area contributed by atoms with E-state index in [1.165, 1.54) is 0 Å². The Morgan fingerprint density at radius 1 is 1.05 bits per heavy atom. The third-order valence-electron chi connectivity index (χ3n) is 7.61. The maximum absolute atomic E-state index is 14.1. The molecule has 10 heteroatoms. The Morgan fingerprint density at radius 3 is 2.55 bits per heavy atom. The van der Waals surface area contributed by atoms with Gasteiger partial charge in [0.1, 0.15) is 12.2 Å². The molecule has 2 aromatic carbocycles. The van der Waals surface area contributed by atoms with Crippen LogP contribution >= 0.6 is 0 Å². The molecule has 3 aliphatic heterocycles. The van der Waals surface area contributed by atoms with Crippen LogP contribution in [0.3, 0.4) is 0 Å². The lowest BCUT2D eigenvalue weighted by molar-refractivity contribution is -0.133. The highest BCUT2D eigenvalue weighted by Gasteiger charge is 2.63. The van der Waals surface area contributed by atoms with Gasteiger partial charge in [0, 0.05) is 12.1 Å². The number of Topliss-reactive ketones (excluding diaryl/α,β-unsaturated/α-hetero) is 1. The fourth-order valence-electron chi connectivity index (χ4n) is 6.06. The molecule has 1 saturated heterocycles. The minimum Gasteiger partial charge on any atom is -0.454 e. The number of carbonyl (C=O) groups is 3. The molecule has 210 valence electrons. The fraction of sp³-hybridized carbons (Fsp3) is 0.433. The standard InChI is InChI=1S/C30H31NO9/c1-29(2,3)40-28(34)39-26-24(32)25(38-27(33)35-16-18-8-5-4-6-9-18)23-20-15-22-21(36-17-37-22)14-19(20)10-13-31-12-7-11-30(23,26)31/h4-6,8-9,14-15,26H,7,10-13,16-17H2,1-3H3/t26-,30-/m1/s1. The summed E-state index contributed by atoms with van der Waals surface area (Å²) in [7, 11) is 0. The topological polar surface area (TPSA) is 110 Å². The van der Waals surface area contributed by atoms with E-state index >= 15 is 0 Å². The van der Waals surface area contributed by atoms with Crippen LogP contribution in [0.15, 0.2) is 48.2 Å². The van der Waals surface area contributed by atoms with Gasteiger partial charge in [0.15, 0.2) is 23.4 Å². The number of hydrogen-bond donors (Lipinski definition) is 0. The van der Waals surface area contributed by atoms with E-state index in [2.05, 4.69) is 4.90 Å². The lowest BCUT2D eigenvalue weighted by atomic mass is 9.82. The van der Waals surface area contributed by atoms with Crippen LogP contribution in [0.1, 0.15) is 50.3 Å². The summed E-state index contributed by atoms with van der Waals surface area (Å²) in [6.45, 7) is 6.50. The highest BCUT2D eigenvalue weighted by Crippen LogP contribution is 2.55. The first-order valence-corrected chi connectivity index (χ1v) is 13.4. The number of fused-ring (bicyclic) bond motifs is 3. The van der Waals surface area contributed by atoms with Crippen molar-refractivity contribution in [2.24, 2.45) is 0 Å². The maximum atomic E-state index is 14.1. The van der Waals surface area contributed by atoms with Crippen molar-refractivity contribution in [3.05, 3.63) is 64.9 Å². The summed E-state index contributed by atoms with van der Waals surface area (Å²) in [6, 6.07) is 12.9. The largest absolute Gasteiger partial charge is 0.514 e. The van der Waals surface area contributed by atoms with E-state index in [9.17, 15) is 14.4 Å². The van der Waals surface area contributed by atoms with Gasteiger partial charge in [-0.15, -0.1) is 0 Å². The van der Waals surface area contributed by atoms with E-state index in [-0.39, 0.29) is 19.2 Å². The van der Waals surface area contributed by atoms with Gasteiger partial charge in [0.05, 0.1) is 5.54 Å². The normalized spacial score (nSPS) is 23.2. The van der Waals surface area contributed by atoms with Crippen LogP contribution in [-0.4, -0.2) is 60.1 Å². The quantitative estimate of drug-likeness (QED) is 0.495. The molecule has 0 bridgehead atoms. The Morgan fingerprint density at radius 2 is 1.80 bits per heavy atom. The van der Waals surface area contributed by atoms with Crippen LogP contribution in [0.25, 0.3) is 5.57 Å². The first-order valence-electron chi connectivity index (χ1n) is 13.4. The Bertz CT molecular complexity index is 1390. The fourth-order valence-corrected chi connectivity index (χ4v) is 6.06. The summed E-state index contributed by atoms with van der Waals surface area (Å²) in [5, 5.41) is 0. The Kier molecular flexibility index (Phi) is 6.45. The van der Waals surface area contributed by atoms with Crippen LogP contribution in [0.5, 0.6) is 11.5 Å². The molecule has 40 heavy (non-hydrogen) atoms. The monoisotopic (exact) mass is 549 g/mol. The highest BCUT2D eigenvalue weighted by atomic mass is 16.7. The number of nitrogens with zero attached hydrogens (tertiary/aromatic N) is 1. The molecule has 2 atom stereocenters. The van der Waals surface area contributed by atoms with Gasteiger partial charge < -0.3 is 28.4 Å². The van der Waals surface area contributed by atoms with Gasteiger partial charge in [-0.3, -0.25) is 9.69 Å². The van der Waals surface area contributed by atoms with E-state index in [0.29, 0.717) is 48.6 Å². The summed E-state index contributed by atoms with van der Waals surface area (Å²) in [6.07, 6.45) is -1.33. The number of hydrogen-bond acceptors (Lipinski definition) is 10. The minimum absolute atomic E-state index is 0.0269. The van der Waals surface area contributed by atoms with Crippen molar-refractivity contribution >= 4 is 23.7 Å². The predicted octanol–water partition coefficient (Wildman–Crippen LogP) is 4.77. The van der Waals surface area contributed by atoms with Crippen LogP contribution in [0, 0.1) is 0 Å². The lowest BCUT2D eigenvalue weighted by Crippen LogP contribution is -2.54. The predicted molar refractivity (Wildman–Crippen MR) is 141 cm³/mol. The zero-order chi connectivity index (χ0) is 28.1. The van der Waals surface area contributed by atoms with E-state index in [1.807, 2.05) is 42.5 Å². The third kappa shape index (κ3) is 4.56. The maximum Gasteiger partial charge on any atom is 0.514 e. The first-order chi connectivity index (χ1) is 19.2. The molecule has 1 aliphatic carbocycles. The molecule has 0 radical (unpaired) electrons. The molecule has 3 heterocycles. The second-order valence-corrected chi connectivity index (χ2v) is 11.3. The summed E-state index contributed by atoms with van der Waals surface area (Å²) in [5.74, 6) is 0.337. The van der Waals surface area contributed by atoms with Gasteiger partial charge in [-0.1, -0.05) is 30.3 Å². The van der Waals surface area contributed by atoms with Crippen molar-refractivity contribution in [3.8, 4) is 11.5 Å². The molecule has 1 fully saturated rings. The molecule has 0 unspecified atom stereocenters. The van der Waals surface area contributed by atoms with Gasteiger partial charge in [-0.05, 0) is 75.4 Å². The SMILES string of the molecule is CC(C)(C)OC(=O)O[C@@H]1C(=O)C(OC(=O)OCc2ccccc2)=C2c3cc4c(cc3CCN3CCC[C@@]213)OCO4. The van der Waals surface area contributed by atoms with Crippen molar-refractivity contribution in [1.29, 1.82) is 0 Å². The number of carbonyl (C=O) groups excluding carboxylic acids is 3. The van der Waals surface area contributed by atoms with Gasteiger partial charge in [-0.25, -0.2) is 9.59 Å². The molecule has 0 N–H and O–H groups in total. The summed E-state index contributed by atoms with van der Waals surface area (Å²) in [5.41, 5.74) is 1.01. The number of ketones is 1. The molecule has 4 aliphatic rings. The second kappa shape index (κ2) is 9.85. The molecule has 1 spiro atoms. The van der Waals surface area contributed by atoms with Crippen molar-refractivity contribution in [2.45, 2.75) is 63.9 Å². The molecular formula is C30H31NO9. The zero-order valence-corrected chi connectivity index (χ0v) is 22.7. The molecule has 0 amide bonds. The van der Waals surface area contributed by atoms with Gasteiger partial charge >= 0.3 is 12.3 Å². The first kappa shape index (κ1) is 26.2. The van der Waals surface area contributed by atoms with Crippen molar-refractivity contribution < 1.29 is 42.8 Å². The van der Waals surface area contributed by atoms with Gasteiger partial charge in [0.2, 0.25) is 12.6 Å². The highest BCUT2D eigenvalue weighted by molar-refractivity contribution is 6.14. The Hall–Kier alpha value is -4.05. The molecule has 10 nitrogen and oxygen atoms in total. The smallest absolute Gasteiger partial charge is 0.454 e. The van der Waals surface area contributed by atoms with Crippen molar-refractivity contribution in [3.63, 3.8) is 0 Å². The third-order valence-corrected chi connectivity index (χ3v) is 7.61. The van der Waals surface area contributed by atoms with Crippen LogP contribution in [0.4, 0.5) is 9.59 Å². The average Bonchev–Trinajstić information content (AvgIpc) is 3.57. The minimum atomic E-state index is -1.27. The molecule has 2 aromatic rings. The number of ether oxygens (including phenoxy) is 6. The Labute approximate surface area is 231 Å². The van der Waals surface area contributed by atoms with Crippen molar-refractivity contribution in [1.82, 2.24) is 4.90 Å². The molecule has 0 saturated carbocycles. The molecular weight excluding hydrogens is 518 g/mol. The second-order valence-electron chi connectivity index (χ2n) is 11.3. The summed E-state index contributed by atoms with van der Waals surface area (Å²) < 4.78 is 33.5. The van der Waals surface area contributed by atoms with E-state index in [4.69, 9.17) is 28.4 Å². The van der Waals surface area contributed by atoms with E-state index in [1.54, 1.807) is 20.8 Å². The van der Waals surface area contributed by atoms with Crippen LogP contribution in [0.2, 0.25) is 0 Å². The van der Waals surface area contributed by atoms with E-state index in [0.717, 1.165) is 17.5 Å². The number of rotatable bonds is 4. The van der Waals surface area contributed by atoms with Crippen molar-refractivity contribution in [2.75, 3.05) is 19.9 Å². The summed E-state index contributed by atoms with van der Waals surface area (Å²) in [4.78, 5) is 42.1. The van der Waals surface area contributed by atoms with E-state index < -0.39 is 35.3 Å². The van der Waals surface area contributed by atoms with Gasteiger partial charge in [0.25, 0.3) is 0 Å². The Balaban J connectivity index is 1.42. The van der Waals surface area contributed by atoms with Crippen LogP contribution < -0.4 is 9.47 Å². The lowest BCUT2D eigenvalue weighted by Gasteiger charge is -2.39.